The van der Waals surface area contributed by atoms with Crippen LogP contribution in [0.25, 0.3) is 0 Å². The highest BCUT2D eigenvalue weighted by atomic mass is 32.1. The van der Waals surface area contributed by atoms with Crippen LogP contribution in [0.15, 0.2) is 30.3 Å². The van der Waals surface area contributed by atoms with E-state index in [0.29, 0.717) is 5.13 Å². The van der Waals surface area contributed by atoms with Gasteiger partial charge in [0.05, 0.1) is 0 Å². The average molecular weight is 235 g/mol. The summed E-state index contributed by atoms with van der Waals surface area (Å²) in [4.78, 5) is 0. The monoisotopic (exact) mass is 235 g/mol. The first kappa shape index (κ1) is 10.9. The Morgan fingerprint density at radius 2 is 2.06 bits per heavy atom. The van der Waals surface area contributed by atoms with Gasteiger partial charge in [-0.05, 0) is 18.6 Å². The molecule has 2 aromatic rings. The quantitative estimate of drug-likeness (QED) is 0.885. The Morgan fingerprint density at radius 1 is 1.31 bits per heavy atom. The van der Waals surface area contributed by atoms with E-state index in [4.69, 9.17) is 10.5 Å². The predicted octanol–water partition coefficient (Wildman–Crippen LogP) is 2.65. The summed E-state index contributed by atoms with van der Waals surface area (Å²) in [5.41, 5.74) is 5.55. The van der Waals surface area contributed by atoms with Gasteiger partial charge in [0.25, 0.3) is 0 Å². The van der Waals surface area contributed by atoms with E-state index in [-0.39, 0.29) is 6.10 Å². The molecule has 2 rings (SSSR count). The number of nitrogens with two attached hydrogens (primary N) is 1. The zero-order chi connectivity index (χ0) is 11.4. The van der Waals surface area contributed by atoms with Gasteiger partial charge in [-0.25, -0.2) is 0 Å². The van der Waals surface area contributed by atoms with Crippen molar-refractivity contribution in [3.8, 4) is 5.75 Å². The zero-order valence-corrected chi connectivity index (χ0v) is 9.78. The molecule has 0 unspecified atom stereocenters. The van der Waals surface area contributed by atoms with E-state index in [9.17, 15) is 0 Å². The van der Waals surface area contributed by atoms with Gasteiger partial charge >= 0.3 is 0 Å². The SMILES string of the molecule is CC[C@@H](Oc1ccccc1)c1nnc(N)s1. The maximum absolute atomic E-state index is 5.82. The van der Waals surface area contributed by atoms with Crippen LogP contribution in [-0.2, 0) is 0 Å². The van der Waals surface area contributed by atoms with E-state index in [1.807, 2.05) is 37.3 Å². The smallest absolute Gasteiger partial charge is 0.203 e. The Bertz CT molecular complexity index is 444. The third-order valence-electron chi connectivity index (χ3n) is 2.12. The van der Waals surface area contributed by atoms with Gasteiger partial charge in [0.2, 0.25) is 5.13 Å². The molecule has 0 saturated carbocycles. The third-order valence-corrected chi connectivity index (χ3v) is 2.97. The standard InChI is InChI=1S/C11H13N3OS/c1-2-9(10-13-14-11(12)16-10)15-8-6-4-3-5-7-8/h3-7,9H,2H2,1H3,(H2,12,14)/t9-/m1/s1. The molecule has 1 atom stereocenters. The van der Waals surface area contributed by atoms with Crippen LogP contribution in [0.3, 0.4) is 0 Å². The Hall–Kier alpha value is -1.62. The van der Waals surface area contributed by atoms with E-state index >= 15 is 0 Å². The number of ether oxygens (including phenoxy) is 1. The van der Waals surface area contributed by atoms with Gasteiger partial charge in [0.15, 0.2) is 11.1 Å². The normalized spacial score (nSPS) is 12.3. The Labute approximate surface area is 98.1 Å². The average Bonchev–Trinajstić information content (AvgIpc) is 2.74. The van der Waals surface area contributed by atoms with Gasteiger partial charge in [-0.3, -0.25) is 0 Å². The summed E-state index contributed by atoms with van der Waals surface area (Å²) in [5.74, 6) is 0.836. The molecule has 2 N–H and O–H groups in total. The van der Waals surface area contributed by atoms with Crippen LogP contribution in [0.5, 0.6) is 5.75 Å². The third kappa shape index (κ3) is 2.49. The number of nitrogen functional groups attached to an aromatic ring is 1. The van der Waals surface area contributed by atoms with Crippen LogP contribution in [-0.4, -0.2) is 10.2 Å². The number of rotatable bonds is 4. The number of aromatic nitrogens is 2. The minimum Gasteiger partial charge on any atom is -0.483 e. The van der Waals surface area contributed by atoms with E-state index in [1.54, 1.807) is 0 Å². The summed E-state index contributed by atoms with van der Waals surface area (Å²) in [6.07, 6.45) is 0.765. The lowest BCUT2D eigenvalue weighted by atomic mass is 10.3. The highest BCUT2D eigenvalue weighted by Crippen LogP contribution is 2.27. The van der Waals surface area contributed by atoms with E-state index in [2.05, 4.69) is 10.2 Å². The molecule has 0 bridgehead atoms. The van der Waals surface area contributed by atoms with Crippen molar-refractivity contribution >= 4 is 16.5 Å². The number of benzene rings is 1. The Kier molecular flexibility index (Phi) is 3.36. The molecule has 0 spiro atoms. The number of hydrogen-bond donors (Lipinski definition) is 1. The van der Waals surface area contributed by atoms with Gasteiger partial charge in [-0.15, -0.1) is 10.2 Å². The molecule has 1 aromatic heterocycles. The lowest BCUT2D eigenvalue weighted by Crippen LogP contribution is -2.05. The van der Waals surface area contributed by atoms with Crippen molar-refractivity contribution in [3.05, 3.63) is 35.3 Å². The van der Waals surface area contributed by atoms with Gasteiger partial charge < -0.3 is 10.5 Å². The highest BCUT2D eigenvalue weighted by molar-refractivity contribution is 7.15. The molecule has 1 aromatic carbocycles. The summed E-state index contributed by atoms with van der Waals surface area (Å²) < 4.78 is 5.82. The highest BCUT2D eigenvalue weighted by Gasteiger charge is 2.15. The van der Waals surface area contributed by atoms with Crippen molar-refractivity contribution in [2.45, 2.75) is 19.4 Å². The second-order valence-electron chi connectivity index (χ2n) is 3.31. The maximum Gasteiger partial charge on any atom is 0.203 e. The maximum atomic E-state index is 5.82. The van der Waals surface area contributed by atoms with Crippen molar-refractivity contribution in [2.24, 2.45) is 0 Å². The van der Waals surface area contributed by atoms with Crippen molar-refractivity contribution < 1.29 is 4.74 Å². The molecule has 1 heterocycles. The lowest BCUT2D eigenvalue weighted by molar-refractivity contribution is 0.200. The van der Waals surface area contributed by atoms with E-state index in [0.717, 1.165) is 17.2 Å². The van der Waals surface area contributed by atoms with Crippen LogP contribution >= 0.6 is 11.3 Å². The van der Waals surface area contributed by atoms with Crippen LogP contribution in [0.4, 0.5) is 5.13 Å². The first-order valence-corrected chi connectivity index (χ1v) is 5.92. The Balaban J connectivity index is 2.12. The summed E-state index contributed by atoms with van der Waals surface area (Å²) in [7, 11) is 0. The van der Waals surface area contributed by atoms with Gasteiger partial charge in [-0.2, -0.15) is 0 Å². The minimum atomic E-state index is -0.0720. The minimum absolute atomic E-state index is 0.0720. The van der Waals surface area contributed by atoms with Crippen molar-refractivity contribution in [1.29, 1.82) is 0 Å². The van der Waals surface area contributed by atoms with E-state index < -0.39 is 0 Å². The first-order chi connectivity index (χ1) is 7.79. The van der Waals surface area contributed by atoms with E-state index in [1.165, 1.54) is 11.3 Å². The van der Waals surface area contributed by atoms with Crippen molar-refractivity contribution in [3.63, 3.8) is 0 Å². The number of hydrogen-bond acceptors (Lipinski definition) is 5. The van der Waals surface area contributed by atoms with Crippen LogP contribution < -0.4 is 10.5 Å². The molecule has 4 nitrogen and oxygen atoms in total. The second kappa shape index (κ2) is 4.94. The molecule has 0 aliphatic rings. The van der Waals surface area contributed by atoms with Crippen molar-refractivity contribution in [2.75, 3.05) is 5.73 Å². The summed E-state index contributed by atoms with van der Waals surface area (Å²) in [5, 5.41) is 9.09. The largest absolute Gasteiger partial charge is 0.483 e. The molecule has 5 heteroatoms. The molecule has 0 saturated heterocycles. The number of anilines is 1. The zero-order valence-electron chi connectivity index (χ0n) is 8.96. The molecule has 0 aliphatic carbocycles. The van der Waals surface area contributed by atoms with Crippen LogP contribution in [0.2, 0.25) is 0 Å². The topological polar surface area (TPSA) is 61.0 Å². The second-order valence-corrected chi connectivity index (χ2v) is 4.35. The fourth-order valence-electron chi connectivity index (χ4n) is 1.35. The number of nitrogens with zero attached hydrogens (tertiary/aromatic N) is 2. The molecular formula is C11H13N3OS. The summed E-state index contributed by atoms with van der Waals surface area (Å²) in [6, 6.07) is 9.68. The fraction of sp³-hybridized carbons (Fsp3) is 0.273. The summed E-state index contributed by atoms with van der Waals surface area (Å²) in [6.45, 7) is 2.05. The molecular weight excluding hydrogens is 222 g/mol. The number of para-hydroxylation sites is 1. The van der Waals surface area contributed by atoms with Gasteiger partial charge in [-0.1, -0.05) is 36.5 Å². The molecule has 0 fully saturated rings. The molecule has 16 heavy (non-hydrogen) atoms. The molecule has 0 aliphatic heterocycles. The molecule has 0 radical (unpaired) electrons. The van der Waals surface area contributed by atoms with Gasteiger partial charge in [0, 0.05) is 0 Å². The lowest BCUT2D eigenvalue weighted by Gasteiger charge is -2.14. The van der Waals surface area contributed by atoms with Crippen LogP contribution in [0, 0.1) is 0 Å². The molecule has 84 valence electrons. The van der Waals surface area contributed by atoms with Crippen LogP contribution in [0.1, 0.15) is 24.5 Å². The van der Waals surface area contributed by atoms with Gasteiger partial charge in [0.1, 0.15) is 5.75 Å². The predicted molar refractivity (Wildman–Crippen MR) is 64.4 cm³/mol. The van der Waals surface area contributed by atoms with Crippen molar-refractivity contribution in [1.82, 2.24) is 10.2 Å². The Morgan fingerprint density at radius 3 is 2.62 bits per heavy atom. The first-order valence-electron chi connectivity index (χ1n) is 5.10. The summed E-state index contributed by atoms with van der Waals surface area (Å²) >= 11 is 1.37. The fourth-order valence-corrected chi connectivity index (χ4v) is 2.07. The molecule has 0 amide bonds.